The number of aromatic nitrogens is 2. The van der Waals surface area contributed by atoms with Gasteiger partial charge in [-0.25, -0.2) is 4.98 Å². The van der Waals surface area contributed by atoms with Gasteiger partial charge in [-0.2, -0.15) is 0 Å². The van der Waals surface area contributed by atoms with E-state index in [2.05, 4.69) is 15.3 Å². The van der Waals surface area contributed by atoms with Gasteiger partial charge in [-0.15, -0.1) is 0 Å². The molecule has 24 heavy (non-hydrogen) atoms. The Morgan fingerprint density at radius 2 is 1.79 bits per heavy atom. The lowest BCUT2D eigenvalue weighted by Gasteiger charge is -2.08. The molecule has 0 saturated heterocycles. The average Bonchev–Trinajstić information content (AvgIpc) is 2.59. The molecule has 0 radical (unpaired) electrons. The minimum atomic E-state index is -0.173. The second-order valence-corrected chi connectivity index (χ2v) is 5.39. The van der Waals surface area contributed by atoms with Crippen LogP contribution in [0.25, 0.3) is 0 Å². The molecule has 2 aromatic heterocycles. The molecule has 1 amide bonds. The van der Waals surface area contributed by atoms with Crippen molar-refractivity contribution in [3.63, 3.8) is 0 Å². The smallest absolute Gasteiger partial charge is 0.255 e. The van der Waals surface area contributed by atoms with E-state index >= 15 is 0 Å². The zero-order valence-electron chi connectivity index (χ0n) is 13.5. The number of nitrogens with zero attached hydrogens (tertiary/aromatic N) is 2. The van der Waals surface area contributed by atoms with Crippen LogP contribution in [0.2, 0.25) is 0 Å². The first-order valence-electron chi connectivity index (χ1n) is 7.55. The van der Waals surface area contributed by atoms with Crippen molar-refractivity contribution in [2.75, 3.05) is 5.32 Å². The van der Waals surface area contributed by atoms with Crippen LogP contribution >= 0.6 is 0 Å². The SMILES string of the molecule is Cc1ccc(C(=O)Nc2ccc(Oc3cccnc3C)nc2)cc1. The number of hydrogen-bond donors (Lipinski definition) is 1. The molecule has 0 aliphatic heterocycles. The van der Waals surface area contributed by atoms with Crippen LogP contribution in [0.15, 0.2) is 60.9 Å². The van der Waals surface area contributed by atoms with Gasteiger partial charge >= 0.3 is 0 Å². The Balaban J connectivity index is 1.67. The number of carbonyl (C=O) groups is 1. The van der Waals surface area contributed by atoms with Crippen LogP contribution < -0.4 is 10.1 Å². The molecule has 0 bridgehead atoms. The number of rotatable bonds is 4. The summed E-state index contributed by atoms with van der Waals surface area (Å²) in [6.45, 7) is 3.85. The van der Waals surface area contributed by atoms with Gasteiger partial charge < -0.3 is 10.1 Å². The molecule has 3 aromatic rings. The number of carbonyl (C=O) groups excluding carboxylic acids is 1. The number of amides is 1. The number of benzene rings is 1. The zero-order chi connectivity index (χ0) is 16.9. The first-order chi connectivity index (χ1) is 11.6. The molecule has 3 rings (SSSR count). The van der Waals surface area contributed by atoms with Gasteiger partial charge in [0.15, 0.2) is 5.75 Å². The molecule has 5 nitrogen and oxygen atoms in total. The fourth-order valence-corrected chi connectivity index (χ4v) is 2.11. The third-order valence-corrected chi connectivity index (χ3v) is 3.48. The summed E-state index contributed by atoms with van der Waals surface area (Å²) < 4.78 is 5.68. The predicted molar refractivity (Wildman–Crippen MR) is 92.4 cm³/mol. The van der Waals surface area contributed by atoms with Crippen molar-refractivity contribution in [3.8, 4) is 11.6 Å². The summed E-state index contributed by atoms with van der Waals surface area (Å²) in [7, 11) is 0. The molecular weight excluding hydrogens is 302 g/mol. The monoisotopic (exact) mass is 319 g/mol. The first kappa shape index (κ1) is 15.7. The quantitative estimate of drug-likeness (QED) is 0.785. The van der Waals surface area contributed by atoms with Crippen LogP contribution in [0.5, 0.6) is 11.6 Å². The van der Waals surface area contributed by atoms with Crippen molar-refractivity contribution in [3.05, 3.63) is 77.7 Å². The second-order valence-electron chi connectivity index (χ2n) is 5.39. The third-order valence-electron chi connectivity index (χ3n) is 3.48. The normalized spacial score (nSPS) is 10.2. The van der Waals surface area contributed by atoms with Crippen molar-refractivity contribution < 1.29 is 9.53 Å². The Hall–Kier alpha value is -3.21. The molecule has 1 aromatic carbocycles. The maximum Gasteiger partial charge on any atom is 0.255 e. The third kappa shape index (κ3) is 3.76. The minimum Gasteiger partial charge on any atom is -0.437 e. The highest BCUT2D eigenvalue weighted by molar-refractivity contribution is 6.04. The highest BCUT2D eigenvalue weighted by atomic mass is 16.5. The van der Waals surface area contributed by atoms with Crippen LogP contribution in [-0.2, 0) is 0 Å². The molecule has 0 unspecified atom stereocenters. The molecule has 0 saturated carbocycles. The van der Waals surface area contributed by atoms with E-state index in [-0.39, 0.29) is 5.91 Å². The summed E-state index contributed by atoms with van der Waals surface area (Å²) in [5, 5.41) is 2.81. The van der Waals surface area contributed by atoms with E-state index in [0.29, 0.717) is 22.9 Å². The minimum absolute atomic E-state index is 0.173. The Kier molecular flexibility index (Phi) is 4.52. The lowest BCUT2D eigenvalue weighted by atomic mass is 10.1. The van der Waals surface area contributed by atoms with Crippen LogP contribution in [0.1, 0.15) is 21.6 Å². The summed E-state index contributed by atoms with van der Waals surface area (Å²) >= 11 is 0. The molecule has 120 valence electrons. The molecule has 0 fully saturated rings. The van der Waals surface area contributed by atoms with Crippen molar-refractivity contribution in [1.29, 1.82) is 0 Å². The zero-order valence-corrected chi connectivity index (χ0v) is 13.5. The number of anilines is 1. The van der Waals surface area contributed by atoms with Crippen LogP contribution in [0.4, 0.5) is 5.69 Å². The van der Waals surface area contributed by atoms with E-state index in [1.165, 1.54) is 0 Å². The summed E-state index contributed by atoms with van der Waals surface area (Å²) in [4.78, 5) is 20.5. The van der Waals surface area contributed by atoms with E-state index in [0.717, 1.165) is 11.3 Å². The van der Waals surface area contributed by atoms with Gasteiger partial charge in [-0.05, 0) is 44.2 Å². The highest BCUT2D eigenvalue weighted by Crippen LogP contribution is 2.22. The number of ether oxygens (including phenoxy) is 1. The van der Waals surface area contributed by atoms with E-state index in [9.17, 15) is 4.79 Å². The first-order valence-corrected chi connectivity index (χ1v) is 7.55. The highest BCUT2D eigenvalue weighted by Gasteiger charge is 2.07. The molecule has 0 spiro atoms. The largest absolute Gasteiger partial charge is 0.437 e. The van der Waals surface area contributed by atoms with E-state index in [1.807, 2.05) is 32.0 Å². The van der Waals surface area contributed by atoms with E-state index in [4.69, 9.17) is 4.74 Å². The number of pyridine rings is 2. The maximum atomic E-state index is 12.2. The predicted octanol–water partition coefficient (Wildman–Crippen LogP) is 4.14. The Morgan fingerprint density at radius 1 is 1.00 bits per heavy atom. The fourth-order valence-electron chi connectivity index (χ4n) is 2.11. The molecular formula is C19H17N3O2. The summed E-state index contributed by atoms with van der Waals surface area (Å²) in [6.07, 6.45) is 3.27. The summed E-state index contributed by atoms with van der Waals surface area (Å²) in [5.74, 6) is 0.925. The molecule has 1 N–H and O–H groups in total. The van der Waals surface area contributed by atoms with E-state index < -0.39 is 0 Å². The number of aryl methyl sites for hydroxylation is 2. The second kappa shape index (κ2) is 6.91. The Morgan fingerprint density at radius 3 is 2.46 bits per heavy atom. The van der Waals surface area contributed by atoms with E-state index in [1.54, 1.807) is 42.7 Å². The standard InChI is InChI=1S/C19H17N3O2/c1-13-5-7-15(8-6-13)19(23)22-16-9-10-18(21-12-16)24-17-4-3-11-20-14(17)2/h3-12H,1-2H3,(H,22,23). The van der Waals surface area contributed by atoms with Crippen LogP contribution in [0, 0.1) is 13.8 Å². The lowest BCUT2D eigenvalue weighted by molar-refractivity contribution is 0.102. The van der Waals surface area contributed by atoms with Gasteiger partial charge in [0.1, 0.15) is 0 Å². The molecule has 0 aliphatic carbocycles. The van der Waals surface area contributed by atoms with Gasteiger partial charge in [0.05, 0.1) is 17.6 Å². The van der Waals surface area contributed by atoms with Gasteiger partial charge in [-0.1, -0.05) is 17.7 Å². The van der Waals surface area contributed by atoms with Gasteiger partial charge in [0.2, 0.25) is 5.88 Å². The number of hydrogen-bond acceptors (Lipinski definition) is 4. The molecule has 5 heteroatoms. The van der Waals surface area contributed by atoms with Gasteiger partial charge in [0, 0.05) is 17.8 Å². The fraction of sp³-hybridized carbons (Fsp3) is 0.105. The van der Waals surface area contributed by atoms with Crippen molar-refractivity contribution in [1.82, 2.24) is 9.97 Å². The Bertz CT molecular complexity index is 843. The van der Waals surface area contributed by atoms with Crippen molar-refractivity contribution in [2.45, 2.75) is 13.8 Å². The van der Waals surface area contributed by atoms with Crippen molar-refractivity contribution in [2.24, 2.45) is 0 Å². The van der Waals surface area contributed by atoms with Crippen LogP contribution in [0.3, 0.4) is 0 Å². The topological polar surface area (TPSA) is 64.1 Å². The summed E-state index contributed by atoms with van der Waals surface area (Å²) in [6, 6.07) is 14.5. The van der Waals surface area contributed by atoms with Gasteiger partial charge in [0.25, 0.3) is 5.91 Å². The lowest BCUT2D eigenvalue weighted by Crippen LogP contribution is -2.11. The molecule has 0 aliphatic rings. The molecule has 0 atom stereocenters. The number of nitrogens with one attached hydrogen (secondary N) is 1. The maximum absolute atomic E-state index is 12.2. The Labute approximate surface area is 140 Å². The van der Waals surface area contributed by atoms with Gasteiger partial charge in [-0.3, -0.25) is 9.78 Å². The van der Waals surface area contributed by atoms with Crippen LogP contribution in [-0.4, -0.2) is 15.9 Å². The van der Waals surface area contributed by atoms with Crippen molar-refractivity contribution >= 4 is 11.6 Å². The molecule has 2 heterocycles. The summed E-state index contributed by atoms with van der Waals surface area (Å²) in [5.41, 5.74) is 3.11. The average molecular weight is 319 g/mol.